The van der Waals surface area contributed by atoms with Crippen molar-refractivity contribution in [3.05, 3.63) is 123 Å². The first-order valence-electron chi connectivity index (χ1n) is 8.67. The summed E-state index contributed by atoms with van der Waals surface area (Å²) < 4.78 is 6.47. The molecule has 0 saturated heterocycles. The SMILES string of the molecule is O=C(c1ccccc1)c1oc(=O)c(=O)n(-c2ccccc2)c1-c1ccccc1. The summed E-state index contributed by atoms with van der Waals surface area (Å²) in [6.45, 7) is 0. The molecule has 0 radical (unpaired) electrons. The molecule has 0 amide bonds. The second-order valence-corrected chi connectivity index (χ2v) is 6.10. The van der Waals surface area contributed by atoms with Gasteiger partial charge in [0.25, 0.3) is 0 Å². The van der Waals surface area contributed by atoms with Crippen LogP contribution in [0, 0.1) is 0 Å². The van der Waals surface area contributed by atoms with Gasteiger partial charge in [-0.1, -0.05) is 78.9 Å². The summed E-state index contributed by atoms with van der Waals surface area (Å²) in [4.78, 5) is 38.2. The topological polar surface area (TPSA) is 69.3 Å². The van der Waals surface area contributed by atoms with Crippen LogP contribution >= 0.6 is 0 Å². The largest absolute Gasteiger partial charge is 0.413 e. The molecule has 5 heteroatoms. The number of hydrogen-bond acceptors (Lipinski definition) is 4. The van der Waals surface area contributed by atoms with Crippen molar-refractivity contribution in [3.63, 3.8) is 0 Å². The van der Waals surface area contributed by atoms with Crippen LogP contribution in [0.3, 0.4) is 0 Å². The molecule has 5 nitrogen and oxygen atoms in total. The standard InChI is InChI=1S/C23H15NO4/c25-20(17-12-6-2-7-13-17)21-19(16-10-4-1-5-11-16)24(22(26)23(27)28-21)18-14-8-3-9-15-18/h1-15H. The summed E-state index contributed by atoms with van der Waals surface area (Å²) in [6.07, 6.45) is 0. The van der Waals surface area contributed by atoms with E-state index in [9.17, 15) is 14.4 Å². The summed E-state index contributed by atoms with van der Waals surface area (Å²) >= 11 is 0. The quantitative estimate of drug-likeness (QED) is 0.406. The van der Waals surface area contributed by atoms with Gasteiger partial charge < -0.3 is 4.42 Å². The van der Waals surface area contributed by atoms with Gasteiger partial charge in [-0.05, 0) is 12.1 Å². The molecule has 1 aromatic heterocycles. The molecule has 0 unspecified atom stereocenters. The van der Waals surface area contributed by atoms with Gasteiger partial charge in [0.2, 0.25) is 11.5 Å². The lowest BCUT2D eigenvalue weighted by Gasteiger charge is -2.15. The third kappa shape index (κ3) is 3.10. The Balaban J connectivity index is 2.10. The number of benzene rings is 3. The van der Waals surface area contributed by atoms with Crippen LogP contribution < -0.4 is 11.2 Å². The van der Waals surface area contributed by atoms with Crippen LogP contribution in [0.1, 0.15) is 16.1 Å². The van der Waals surface area contributed by atoms with Crippen LogP contribution in [0.4, 0.5) is 0 Å². The predicted molar refractivity (Wildman–Crippen MR) is 106 cm³/mol. The van der Waals surface area contributed by atoms with Gasteiger partial charge in [-0.15, -0.1) is 0 Å². The molecular formula is C23H15NO4. The molecule has 0 saturated carbocycles. The van der Waals surface area contributed by atoms with E-state index in [0.29, 0.717) is 16.8 Å². The smallest absolute Gasteiger partial charge is 0.403 e. The van der Waals surface area contributed by atoms with Crippen molar-refractivity contribution in [2.45, 2.75) is 0 Å². The van der Waals surface area contributed by atoms with Gasteiger partial charge in [0.15, 0.2) is 0 Å². The van der Waals surface area contributed by atoms with Crippen LogP contribution in [-0.4, -0.2) is 10.4 Å². The van der Waals surface area contributed by atoms with Gasteiger partial charge in [-0.3, -0.25) is 14.2 Å². The van der Waals surface area contributed by atoms with E-state index < -0.39 is 17.0 Å². The van der Waals surface area contributed by atoms with E-state index in [1.54, 1.807) is 84.9 Å². The molecule has 0 atom stereocenters. The zero-order valence-electron chi connectivity index (χ0n) is 14.7. The Morgan fingerprint density at radius 1 is 0.714 bits per heavy atom. The normalized spacial score (nSPS) is 10.6. The van der Waals surface area contributed by atoms with Gasteiger partial charge in [0, 0.05) is 16.8 Å². The third-order valence-corrected chi connectivity index (χ3v) is 4.31. The number of carbonyl (C=O) groups excluding carboxylic acids is 1. The number of ketones is 1. The van der Waals surface area contributed by atoms with E-state index in [4.69, 9.17) is 4.42 Å². The highest BCUT2D eigenvalue weighted by Gasteiger charge is 2.25. The van der Waals surface area contributed by atoms with Crippen molar-refractivity contribution in [2.75, 3.05) is 0 Å². The first kappa shape index (κ1) is 17.4. The van der Waals surface area contributed by atoms with Crippen LogP contribution in [0.15, 0.2) is 105 Å². The Morgan fingerprint density at radius 3 is 1.86 bits per heavy atom. The number of para-hydroxylation sites is 1. The van der Waals surface area contributed by atoms with Gasteiger partial charge in [-0.2, -0.15) is 0 Å². The summed E-state index contributed by atoms with van der Waals surface area (Å²) in [5.41, 5.74) is -0.281. The van der Waals surface area contributed by atoms with Crippen LogP contribution in [-0.2, 0) is 0 Å². The van der Waals surface area contributed by atoms with Crippen LogP contribution in [0.25, 0.3) is 16.9 Å². The highest BCUT2D eigenvalue weighted by atomic mass is 16.4. The van der Waals surface area contributed by atoms with E-state index >= 15 is 0 Å². The molecule has 0 N–H and O–H groups in total. The van der Waals surface area contributed by atoms with Gasteiger partial charge in [0.1, 0.15) is 5.69 Å². The Kier molecular flexibility index (Phi) is 4.56. The molecule has 4 aromatic rings. The van der Waals surface area contributed by atoms with Crippen LogP contribution in [0.5, 0.6) is 0 Å². The van der Waals surface area contributed by atoms with E-state index in [0.717, 1.165) is 0 Å². The van der Waals surface area contributed by atoms with Gasteiger partial charge in [-0.25, -0.2) is 4.79 Å². The fourth-order valence-electron chi connectivity index (χ4n) is 3.03. The zero-order chi connectivity index (χ0) is 19.5. The monoisotopic (exact) mass is 369 g/mol. The Labute approximate surface area is 160 Å². The lowest BCUT2D eigenvalue weighted by molar-refractivity contribution is 0.100. The minimum Gasteiger partial charge on any atom is -0.413 e. The lowest BCUT2D eigenvalue weighted by atomic mass is 10.0. The maximum atomic E-state index is 13.1. The van der Waals surface area contributed by atoms with E-state index in [1.165, 1.54) is 4.57 Å². The van der Waals surface area contributed by atoms with Crippen molar-refractivity contribution in [1.29, 1.82) is 0 Å². The molecule has 0 aliphatic carbocycles. The number of rotatable bonds is 4. The highest BCUT2D eigenvalue weighted by Crippen LogP contribution is 2.26. The Morgan fingerprint density at radius 2 is 1.25 bits per heavy atom. The van der Waals surface area contributed by atoms with Crippen LogP contribution in [0.2, 0.25) is 0 Å². The summed E-state index contributed by atoms with van der Waals surface area (Å²) in [6, 6.07) is 26.1. The Hall–Kier alpha value is -3.99. The summed E-state index contributed by atoms with van der Waals surface area (Å²) in [5.74, 6) is -0.646. The fourth-order valence-corrected chi connectivity index (χ4v) is 3.03. The number of nitrogens with zero attached hydrogens (tertiary/aromatic N) is 1. The maximum absolute atomic E-state index is 13.1. The summed E-state index contributed by atoms with van der Waals surface area (Å²) in [5, 5.41) is 0. The van der Waals surface area contributed by atoms with Crippen molar-refractivity contribution in [3.8, 4) is 16.9 Å². The first-order chi connectivity index (χ1) is 13.7. The number of hydrogen-bond donors (Lipinski definition) is 0. The lowest BCUT2D eigenvalue weighted by Crippen LogP contribution is -2.35. The number of carbonyl (C=O) groups is 1. The first-order valence-corrected chi connectivity index (χ1v) is 8.67. The molecule has 28 heavy (non-hydrogen) atoms. The molecule has 0 aliphatic rings. The molecular weight excluding hydrogens is 354 g/mol. The molecule has 3 aromatic carbocycles. The molecule has 0 bridgehead atoms. The minimum absolute atomic E-state index is 0.175. The highest BCUT2D eigenvalue weighted by molar-refractivity contribution is 6.10. The average Bonchev–Trinajstić information content (AvgIpc) is 2.76. The van der Waals surface area contributed by atoms with Crippen molar-refractivity contribution in [1.82, 2.24) is 4.57 Å². The molecule has 0 aliphatic heterocycles. The second kappa shape index (κ2) is 7.32. The minimum atomic E-state index is -1.09. The average molecular weight is 369 g/mol. The maximum Gasteiger partial charge on any atom is 0.403 e. The zero-order valence-corrected chi connectivity index (χ0v) is 14.7. The van der Waals surface area contributed by atoms with E-state index in [1.807, 2.05) is 6.07 Å². The summed E-state index contributed by atoms with van der Waals surface area (Å²) in [7, 11) is 0. The van der Waals surface area contributed by atoms with Crippen molar-refractivity contribution >= 4 is 5.78 Å². The Bertz CT molecular complexity index is 1240. The predicted octanol–water partition coefficient (Wildman–Crippen LogP) is 3.69. The van der Waals surface area contributed by atoms with E-state index in [-0.39, 0.29) is 11.5 Å². The van der Waals surface area contributed by atoms with Crippen molar-refractivity contribution in [2.24, 2.45) is 0 Å². The molecule has 1 heterocycles. The number of aromatic nitrogens is 1. The van der Waals surface area contributed by atoms with Crippen molar-refractivity contribution < 1.29 is 9.21 Å². The fraction of sp³-hybridized carbons (Fsp3) is 0. The van der Waals surface area contributed by atoms with E-state index in [2.05, 4.69) is 0 Å². The molecule has 4 rings (SSSR count). The third-order valence-electron chi connectivity index (χ3n) is 4.31. The van der Waals surface area contributed by atoms with Gasteiger partial charge >= 0.3 is 11.2 Å². The van der Waals surface area contributed by atoms with Gasteiger partial charge in [0.05, 0.1) is 0 Å². The molecule has 136 valence electrons. The second-order valence-electron chi connectivity index (χ2n) is 6.10. The molecule has 0 spiro atoms. The molecule has 0 fully saturated rings.